The van der Waals surface area contributed by atoms with E-state index >= 15 is 0 Å². The van der Waals surface area contributed by atoms with Gasteiger partial charge in [0.25, 0.3) is 0 Å². The predicted octanol–water partition coefficient (Wildman–Crippen LogP) is 2.26. The number of ether oxygens (including phenoxy) is 2. The summed E-state index contributed by atoms with van der Waals surface area (Å²) in [6.45, 7) is 2.00. The van der Waals surface area contributed by atoms with Crippen molar-refractivity contribution in [2.24, 2.45) is 5.92 Å². The summed E-state index contributed by atoms with van der Waals surface area (Å²) in [5.41, 5.74) is 0.156. The molecule has 1 heterocycles. The number of hydrogen-bond acceptors (Lipinski definition) is 7. The monoisotopic (exact) mass is 323 g/mol. The minimum atomic E-state index is -0.529. The van der Waals surface area contributed by atoms with Crippen molar-refractivity contribution in [1.82, 2.24) is 5.16 Å². The van der Waals surface area contributed by atoms with E-state index < -0.39 is 11.9 Å². The van der Waals surface area contributed by atoms with E-state index in [4.69, 9.17) is 9.26 Å². The Labute approximate surface area is 134 Å². The number of rotatable bonds is 6. The zero-order valence-electron chi connectivity index (χ0n) is 13.4. The summed E-state index contributed by atoms with van der Waals surface area (Å²) >= 11 is 0. The van der Waals surface area contributed by atoms with Gasteiger partial charge in [-0.1, -0.05) is 5.16 Å². The first kappa shape index (κ1) is 17.2. The van der Waals surface area contributed by atoms with Crippen molar-refractivity contribution in [2.45, 2.75) is 44.9 Å². The lowest BCUT2D eigenvalue weighted by molar-refractivity contribution is -0.146. The Kier molecular flexibility index (Phi) is 5.90. The lowest BCUT2D eigenvalue weighted by atomic mass is 9.78. The van der Waals surface area contributed by atoms with Gasteiger partial charge < -0.3 is 14.0 Å². The van der Waals surface area contributed by atoms with E-state index in [1.165, 1.54) is 7.11 Å². The molecule has 0 aromatic carbocycles. The molecule has 1 fully saturated rings. The molecule has 0 bridgehead atoms. The molecule has 0 spiro atoms. The van der Waals surface area contributed by atoms with Gasteiger partial charge in [-0.15, -0.1) is 0 Å². The number of Topliss-reactive ketones (excluding diaryl/α,β-unsaturated/α-hetero) is 1. The van der Waals surface area contributed by atoms with Crippen LogP contribution < -0.4 is 0 Å². The summed E-state index contributed by atoms with van der Waals surface area (Å²) in [4.78, 5) is 34.8. The van der Waals surface area contributed by atoms with E-state index in [1.807, 2.05) is 0 Å². The molecule has 0 unspecified atom stereocenters. The molecule has 23 heavy (non-hydrogen) atoms. The second kappa shape index (κ2) is 7.89. The molecule has 1 aliphatic carbocycles. The van der Waals surface area contributed by atoms with Crippen molar-refractivity contribution in [2.75, 3.05) is 13.7 Å². The Morgan fingerprint density at radius 1 is 1.26 bits per heavy atom. The number of hydrogen-bond donors (Lipinski definition) is 0. The summed E-state index contributed by atoms with van der Waals surface area (Å²) in [5, 5.41) is 3.70. The van der Waals surface area contributed by atoms with Crippen LogP contribution in [0.1, 0.15) is 61.2 Å². The maximum Gasteiger partial charge on any atom is 0.360 e. The molecule has 7 heteroatoms. The largest absolute Gasteiger partial charge is 0.466 e. The standard InChI is InChI=1S/C16H21NO6/c1-3-22-15(19)9-13(18)10-4-6-11(7-5-10)14-8-12(17-23-14)16(20)21-2/h8,10-11H,3-7,9H2,1-2H3. The second-order valence-corrected chi connectivity index (χ2v) is 5.60. The fourth-order valence-electron chi connectivity index (χ4n) is 2.88. The van der Waals surface area contributed by atoms with Crippen molar-refractivity contribution in [3.63, 3.8) is 0 Å². The molecule has 0 radical (unpaired) electrons. The third kappa shape index (κ3) is 4.40. The summed E-state index contributed by atoms with van der Waals surface area (Å²) in [6, 6.07) is 1.59. The van der Waals surface area contributed by atoms with Gasteiger partial charge in [-0.3, -0.25) is 9.59 Å². The van der Waals surface area contributed by atoms with Crippen LogP contribution in [0, 0.1) is 5.92 Å². The topological polar surface area (TPSA) is 95.7 Å². The quantitative estimate of drug-likeness (QED) is 0.585. The van der Waals surface area contributed by atoms with Gasteiger partial charge in [0.15, 0.2) is 5.69 Å². The van der Waals surface area contributed by atoms with Crippen LogP contribution in [0.15, 0.2) is 10.6 Å². The molecular weight excluding hydrogens is 302 g/mol. The van der Waals surface area contributed by atoms with Crippen molar-refractivity contribution in [3.05, 3.63) is 17.5 Å². The Bertz CT molecular complexity index is 571. The Hall–Kier alpha value is -2.18. The number of ketones is 1. The van der Waals surface area contributed by atoms with Crippen LogP contribution in [0.4, 0.5) is 0 Å². The van der Waals surface area contributed by atoms with E-state index in [0.717, 1.165) is 12.8 Å². The van der Waals surface area contributed by atoms with Crippen LogP contribution in [0.2, 0.25) is 0 Å². The molecule has 1 aromatic rings. The molecular formula is C16H21NO6. The number of carbonyl (C=O) groups is 3. The van der Waals surface area contributed by atoms with Gasteiger partial charge in [0, 0.05) is 17.9 Å². The summed E-state index contributed by atoms with van der Waals surface area (Å²) in [6.07, 6.45) is 2.75. The number of methoxy groups -OCH3 is 1. The molecule has 1 saturated carbocycles. The van der Waals surface area contributed by atoms with E-state index in [-0.39, 0.29) is 36.3 Å². The zero-order valence-corrected chi connectivity index (χ0v) is 13.4. The van der Waals surface area contributed by atoms with Gasteiger partial charge in [-0.2, -0.15) is 0 Å². The molecule has 1 aromatic heterocycles. The zero-order chi connectivity index (χ0) is 16.8. The highest BCUT2D eigenvalue weighted by atomic mass is 16.5. The first-order valence-electron chi connectivity index (χ1n) is 7.78. The smallest absolute Gasteiger partial charge is 0.360 e. The molecule has 2 rings (SSSR count). The van der Waals surface area contributed by atoms with Gasteiger partial charge in [0.2, 0.25) is 0 Å². The van der Waals surface area contributed by atoms with Gasteiger partial charge in [-0.05, 0) is 32.6 Å². The fraction of sp³-hybridized carbons (Fsp3) is 0.625. The van der Waals surface area contributed by atoms with Gasteiger partial charge in [-0.25, -0.2) is 4.79 Å². The normalized spacial score (nSPS) is 20.8. The van der Waals surface area contributed by atoms with Crippen LogP contribution in [0.3, 0.4) is 0 Å². The maximum atomic E-state index is 12.1. The number of nitrogens with zero attached hydrogens (tertiary/aromatic N) is 1. The molecule has 0 amide bonds. The number of aromatic nitrogens is 1. The molecule has 0 saturated heterocycles. The summed E-state index contributed by atoms with van der Waals surface area (Å²) in [7, 11) is 1.29. The summed E-state index contributed by atoms with van der Waals surface area (Å²) in [5.74, 6) is -0.390. The maximum absolute atomic E-state index is 12.1. The van der Waals surface area contributed by atoms with Crippen molar-refractivity contribution >= 4 is 17.7 Å². The lowest BCUT2D eigenvalue weighted by Crippen LogP contribution is -2.23. The third-order valence-electron chi connectivity index (χ3n) is 4.13. The lowest BCUT2D eigenvalue weighted by Gasteiger charge is -2.25. The Balaban J connectivity index is 1.86. The molecule has 7 nitrogen and oxygen atoms in total. The van der Waals surface area contributed by atoms with Crippen LogP contribution in [0.5, 0.6) is 0 Å². The highest BCUT2D eigenvalue weighted by Crippen LogP contribution is 2.36. The SMILES string of the molecule is CCOC(=O)CC(=O)C1CCC(c2cc(C(=O)OC)no2)CC1. The van der Waals surface area contributed by atoms with Crippen molar-refractivity contribution in [1.29, 1.82) is 0 Å². The first-order valence-corrected chi connectivity index (χ1v) is 7.78. The second-order valence-electron chi connectivity index (χ2n) is 5.60. The number of carbonyl (C=O) groups excluding carboxylic acids is 3. The van der Waals surface area contributed by atoms with Crippen LogP contribution in [0.25, 0.3) is 0 Å². The van der Waals surface area contributed by atoms with Gasteiger partial charge in [0.1, 0.15) is 18.0 Å². The van der Waals surface area contributed by atoms with Crippen LogP contribution >= 0.6 is 0 Å². The number of esters is 2. The van der Waals surface area contributed by atoms with Gasteiger partial charge in [0.05, 0.1) is 13.7 Å². The minimum Gasteiger partial charge on any atom is -0.466 e. The molecule has 0 aliphatic heterocycles. The third-order valence-corrected chi connectivity index (χ3v) is 4.13. The fourth-order valence-corrected chi connectivity index (χ4v) is 2.88. The minimum absolute atomic E-state index is 0.0604. The highest BCUT2D eigenvalue weighted by Gasteiger charge is 2.30. The Morgan fingerprint density at radius 2 is 1.96 bits per heavy atom. The van der Waals surface area contributed by atoms with Gasteiger partial charge >= 0.3 is 11.9 Å². The molecule has 0 atom stereocenters. The summed E-state index contributed by atoms with van der Waals surface area (Å²) < 4.78 is 14.6. The van der Waals surface area contributed by atoms with Crippen LogP contribution in [-0.4, -0.2) is 36.6 Å². The van der Waals surface area contributed by atoms with Crippen molar-refractivity contribution in [3.8, 4) is 0 Å². The Morgan fingerprint density at radius 3 is 2.57 bits per heavy atom. The van der Waals surface area contributed by atoms with E-state index in [0.29, 0.717) is 18.6 Å². The van der Waals surface area contributed by atoms with Crippen molar-refractivity contribution < 1.29 is 28.4 Å². The first-order chi connectivity index (χ1) is 11.0. The van der Waals surface area contributed by atoms with Crippen LogP contribution in [-0.2, 0) is 19.1 Å². The predicted molar refractivity (Wildman–Crippen MR) is 78.8 cm³/mol. The highest BCUT2D eigenvalue weighted by molar-refractivity contribution is 5.96. The molecule has 126 valence electrons. The average Bonchev–Trinajstić information content (AvgIpc) is 3.04. The van der Waals surface area contributed by atoms with E-state index in [1.54, 1.807) is 13.0 Å². The van der Waals surface area contributed by atoms with E-state index in [2.05, 4.69) is 9.89 Å². The molecule has 1 aliphatic rings. The van der Waals surface area contributed by atoms with E-state index in [9.17, 15) is 14.4 Å². The molecule has 0 N–H and O–H groups in total. The average molecular weight is 323 g/mol.